The highest BCUT2D eigenvalue weighted by Gasteiger charge is 2.33. The maximum Gasteiger partial charge on any atom is 0.302 e. The molecule has 13 heavy (non-hydrogen) atoms. The van der Waals surface area contributed by atoms with E-state index in [-0.39, 0.29) is 35.5 Å². The van der Waals surface area contributed by atoms with Crippen LogP contribution in [0.2, 0.25) is 0 Å². The van der Waals surface area contributed by atoms with Gasteiger partial charge in [-0.3, -0.25) is 4.79 Å². The third kappa shape index (κ3) is 5.46. The molecule has 0 aromatic heterocycles. The lowest BCUT2D eigenvalue weighted by Gasteiger charge is -2.40. The molecule has 0 spiro atoms. The van der Waals surface area contributed by atoms with Crippen LogP contribution in [-0.4, -0.2) is 43.7 Å². The molecule has 0 aromatic carbocycles. The summed E-state index contributed by atoms with van der Waals surface area (Å²) < 4.78 is 5.76. The maximum absolute atomic E-state index is 10.6. The van der Waals surface area contributed by atoms with Crippen molar-refractivity contribution < 1.29 is 38.0 Å². The van der Waals surface area contributed by atoms with Crippen molar-refractivity contribution in [1.29, 1.82) is 0 Å². The summed E-state index contributed by atoms with van der Waals surface area (Å²) in [6.07, 6.45) is 0. The minimum Gasteiger partial charge on any atom is -1.00 e. The Bertz CT molecular complexity index is 173. The fourth-order valence-corrected chi connectivity index (χ4v) is 0.472. The van der Waals surface area contributed by atoms with Gasteiger partial charge in [0.25, 0.3) is 0 Å². The zero-order valence-electron chi connectivity index (χ0n) is 9.35. The van der Waals surface area contributed by atoms with E-state index in [1.807, 2.05) is 0 Å². The van der Waals surface area contributed by atoms with Crippen molar-refractivity contribution in [1.82, 2.24) is 0 Å². The number of carbonyl (C=O) groups excluding carboxylic acids is 1. The Morgan fingerprint density at radius 3 is 1.92 bits per heavy atom. The first-order valence-electron chi connectivity index (χ1n) is 4.12. The molecule has 0 heterocycles. The fourth-order valence-electron chi connectivity index (χ4n) is 0.472. The van der Waals surface area contributed by atoms with Crippen molar-refractivity contribution in [2.75, 3.05) is 27.7 Å². The van der Waals surface area contributed by atoms with Gasteiger partial charge in [0.1, 0.15) is 12.1 Å². The smallest absolute Gasteiger partial charge is 0.302 e. The molecule has 0 aliphatic heterocycles. The van der Waals surface area contributed by atoms with Gasteiger partial charge in [0.05, 0.1) is 21.1 Å². The Labute approximate surface area is 98.0 Å². The molecule has 0 rings (SSSR count). The van der Waals surface area contributed by atoms with Crippen LogP contribution in [0.1, 0.15) is 20.8 Å². The van der Waals surface area contributed by atoms with Crippen LogP contribution in [0.4, 0.5) is 0 Å². The summed E-state index contributed by atoms with van der Waals surface area (Å²) in [5, 5.41) is 0. The molecule has 4 heteroatoms. The van der Waals surface area contributed by atoms with E-state index in [1.54, 1.807) is 0 Å². The van der Waals surface area contributed by atoms with Crippen LogP contribution in [0.25, 0.3) is 0 Å². The van der Waals surface area contributed by atoms with Gasteiger partial charge in [-0.15, -0.1) is 0 Å². The number of nitrogens with zero attached hydrogens (tertiary/aromatic N) is 1. The number of esters is 1. The standard InChI is InChI=1S/C9H20NO2.HI/c1-8(11)12-7-9(2,3)10(4,5)6;/h7H2,1-6H3;1H/q+1;/p-1. The largest absolute Gasteiger partial charge is 1.00 e. The first-order valence-corrected chi connectivity index (χ1v) is 4.12. The van der Waals surface area contributed by atoms with Crippen molar-refractivity contribution in [2.45, 2.75) is 26.3 Å². The zero-order valence-corrected chi connectivity index (χ0v) is 11.5. The second-order valence-corrected chi connectivity index (χ2v) is 4.61. The lowest BCUT2D eigenvalue weighted by molar-refractivity contribution is -0.919. The monoisotopic (exact) mass is 301 g/mol. The van der Waals surface area contributed by atoms with E-state index in [1.165, 1.54) is 6.92 Å². The van der Waals surface area contributed by atoms with Gasteiger partial charge in [0, 0.05) is 6.92 Å². The average molecular weight is 301 g/mol. The van der Waals surface area contributed by atoms with E-state index < -0.39 is 0 Å². The van der Waals surface area contributed by atoms with Crippen LogP contribution in [-0.2, 0) is 9.53 Å². The Balaban J connectivity index is 0. The molecule has 3 nitrogen and oxygen atoms in total. The molecule has 0 unspecified atom stereocenters. The molecule has 0 saturated carbocycles. The quantitative estimate of drug-likeness (QED) is 0.344. The molecule has 0 bridgehead atoms. The van der Waals surface area contributed by atoms with Gasteiger partial charge in [0.2, 0.25) is 0 Å². The molecule has 0 aliphatic rings. The molecule has 0 N–H and O–H groups in total. The fraction of sp³-hybridized carbons (Fsp3) is 0.889. The Morgan fingerprint density at radius 1 is 1.31 bits per heavy atom. The molecular weight excluding hydrogens is 281 g/mol. The van der Waals surface area contributed by atoms with Gasteiger partial charge in [-0.05, 0) is 13.8 Å². The predicted molar refractivity (Wildman–Crippen MR) is 48.7 cm³/mol. The van der Waals surface area contributed by atoms with Gasteiger partial charge in [0.15, 0.2) is 0 Å². The number of hydrogen-bond acceptors (Lipinski definition) is 2. The molecule has 0 amide bonds. The summed E-state index contributed by atoms with van der Waals surface area (Å²) in [7, 11) is 6.26. The summed E-state index contributed by atoms with van der Waals surface area (Å²) in [5.74, 6) is -0.212. The van der Waals surface area contributed by atoms with Gasteiger partial charge >= 0.3 is 5.97 Å². The Kier molecular flexibility index (Phi) is 6.18. The third-order valence-electron chi connectivity index (χ3n) is 2.44. The number of carbonyl (C=O) groups is 1. The molecular formula is C9H20INO2. The number of likely N-dealkylation sites (N-methyl/N-ethyl adjacent to an activating group) is 1. The zero-order chi connectivity index (χ0) is 9.99. The highest BCUT2D eigenvalue weighted by Crippen LogP contribution is 2.17. The van der Waals surface area contributed by atoms with Crippen LogP contribution in [0.3, 0.4) is 0 Å². The number of halogens is 1. The summed E-state index contributed by atoms with van der Waals surface area (Å²) in [4.78, 5) is 10.6. The third-order valence-corrected chi connectivity index (χ3v) is 2.44. The highest BCUT2D eigenvalue weighted by molar-refractivity contribution is 5.65. The van der Waals surface area contributed by atoms with E-state index >= 15 is 0 Å². The van der Waals surface area contributed by atoms with Crippen LogP contribution in [0.5, 0.6) is 0 Å². The van der Waals surface area contributed by atoms with Crippen molar-refractivity contribution in [3.05, 3.63) is 0 Å². The molecule has 0 saturated heterocycles. The lowest BCUT2D eigenvalue weighted by Crippen LogP contribution is -3.00. The molecule has 0 atom stereocenters. The molecule has 0 aliphatic carbocycles. The minimum absolute atomic E-state index is 0. The van der Waals surface area contributed by atoms with Crippen LogP contribution in [0, 0.1) is 0 Å². The van der Waals surface area contributed by atoms with Crippen LogP contribution >= 0.6 is 0 Å². The van der Waals surface area contributed by atoms with Gasteiger partial charge in [-0.2, -0.15) is 0 Å². The number of hydrogen-bond donors (Lipinski definition) is 0. The molecule has 0 radical (unpaired) electrons. The first-order chi connectivity index (χ1) is 5.17. The van der Waals surface area contributed by atoms with E-state index in [0.717, 1.165) is 4.48 Å². The van der Waals surface area contributed by atoms with Crippen molar-refractivity contribution in [3.63, 3.8) is 0 Å². The molecule has 0 aromatic rings. The first kappa shape index (κ1) is 15.6. The van der Waals surface area contributed by atoms with Crippen molar-refractivity contribution >= 4 is 5.97 Å². The van der Waals surface area contributed by atoms with Crippen LogP contribution < -0.4 is 24.0 Å². The van der Waals surface area contributed by atoms with Crippen molar-refractivity contribution in [2.24, 2.45) is 0 Å². The van der Waals surface area contributed by atoms with Crippen molar-refractivity contribution in [3.8, 4) is 0 Å². The van der Waals surface area contributed by atoms with Gasteiger partial charge in [-0.1, -0.05) is 0 Å². The van der Waals surface area contributed by atoms with E-state index in [2.05, 4.69) is 35.0 Å². The Hall–Kier alpha value is 0.160. The van der Waals surface area contributed by atoms with Gasteiger partial charge < -0.3 is 33.2 Å². The highest BCUT2D eigenvalue weighted by atomic mass is 127. The minimum atomic E-state index is -0.212. The maximum atomic E-state index is 10.6. The molecule has 80 valence electrons. The average Bonchev–Trinajstić information content (AvgIpc) is 1.81. The number of rotatable bonds is 3. The topological polar surface area (TPSA) is 26.3 Å². The SMILES string of the molecule is CC(=O)OCC(C)(C)[N+](C)(C)C.[I-]. The number of quaternary nitrogens is 1. The second-order valence-electron chi connectivity index (χ2n) is 4.61. The van der Waals surface area contributed by atoms with Gasteiger partial charge in [-0.25, -0.2) is 0 Å². The summed E-state index contributed by atoms with van der Waals surface area (Å²) >= 11 is 0. The Morgan fingerprint density at radius 2 is 1.69 bits per heavy atom. The van der Waals surface area contributed by atoms with E-state index in [4.69, 9.17) is 4.74 Å². The predicted octanol–water partition coefficient (Wildman–Crippen LogP) is -1.96. The molecule has 0 fully saturated rings. The van der Waals surface area contributed by atoms with E-state index in [0.29, 0.717) is 6.61 Å². The summed E-state index contributed by atoms with van der Waals surface area (Å²) in [5.41, 5.74) is -0.0360. The summed E-state index contributed by atoms with van der Waals surface area (Å²) in [6, 6.07) is 0. The van der Waals surface area contributed by atoms with E-state index in [9.17, 15) is 4.79 Å². The van der Waals surface area contributed by atoms with Crippen LogP contribution in [0.15, 0.2) is 0 Å². The normalized spacial score (nSPS) is 11.8. The second kappa shape index (κ2) is 5.14. The summed E-state index contributed by atoms with van der Waals surface area (Å²) in [6.45, 7) is 6.06. The lowest BCUT2D eigenvalue weighted by atomic mass is 10.0. The number of ether oxygens (including phenoxy) is 1.